The van der Waals surface area contributed by atoms with Crippen LogP contribution in [0.2, 0.25) is 0 Å². The molecule has 0 saturated heterocycles. The quantitative estimate of drug-likeness (QED) is 0.0933. The molecule has 4 rings (SSSR count). The molecule has 4 aromatic rings. The van der Waals surface area contributed by atoms with Gasteiger partial charge in [0.1, 0.15) is 11.5 Å². The number of halogens is 9. The van der Waals surface area contributed by atoms with Crippen LogP contribution < -0.4 is 15.2 Å². The largest absolute Gasteiger partial charge is 0.461 e. The van der Waals surface area contributed by atoms with Crippen LogP contribution in [0.5, 0.6) is 11.8 Å². The second kappa shape index (κ2) is 16.3. The summed E-state index contributed by atoms with van der Waals surface area (Å²) in [6.45, 7) is -5.41. The fraction of sp³-hybridized carbons (Fsp3) is 0.231. The molecule has 0 aliphatic carbocycles. The lowest BCUT2D eigenvalue weighted by Gasteiger charge is -2.09. The Kier molecular flexibility index (Phi) is 13.1. The molecule has 0 bridgehead atoms. The van der Waals surface area contributed by atoms with Crippen LogP contribution in [-0.2, 0) is 17.8 Å². The number of carbonyl (C=O) groups is 1. The Morgan fingerprint density at radius 2 is 1.24 bits per heavy atom. The van der Waals surface area contributed by atoms with E-state index < -0.39 is 66.6 Å². The minimum atomic E-state index is -3.17. The molecule has 0 unspecified atom stereocenters. The molecule has 0 radical (unpaired) electrons. The number of nitrogens with one attached hydrogen (secondary N) is 1. The van der Waals surface area contributed by atoms with Crippen molar-refractivity contribution in [1.82, 2.24) is 19.6 Å². The number of amidine groups is 1. The van der Waals surface area contributed by atoms with Crippen LogP contribution >= 0.6 is 12.4 Å². The average Bonchev–Trinajstić information content (AvgIpc) is 3.53. The lowest BCUT2D eigenvalue weighted by molar-refractivity contribution is -0.0563. The van der Waals surface area contributed by atoms with E-state index in [1.807, 2.05) is 0 Å². The highest BCUT2D eigenvalue weighted by Crippen LogP contribution is 2.22. The number of hydrogen-bond donors (Lipinski definition) is 2. The summed E-state index contributed by atoms with van der Waals surface area (Å²) >= 11 is 0. The topological polar surface area (TPSA) is 130 Å². The van der Waals surface area contributed by atoms with Crippen LogP contribution in [0.4, 0.5) is 35.1 Å². The summed E-state index contributed by atoms with van der Waals surface area (Å²) in [7, 11) is 0. The third-order valence-corrected chi connectivity index (χ3v) is 5.37. The smallest absolute Gasteiger partial charge is 0.388 e. The normalized spacial score (nSPS) is 10.6. The van der Waals surface area contributed by atoms with Gasteiger partial charge in [-0.2, -0.15) is 27.8 Å². The molecule has 10 nitrogen and oxygen atoms in total. The van der Waals surface area contributed by atoms with Crippen molar-refractivity contribution in [3.8, 4) is 11.8 Å². The molecule has 0 saturated carbocycles. The Hall–Kier alpha value is -4.87. The Morgan fingerprint density at radius 3 is 1.64 bits per heavy atom. The molecule has 19 heteroatoms. The van der Waals surface area contributed by atoms with Crippen molar-refractivity contribution in [3.63, 3.8) is 0 Å². The number of aromatic nitrogens is 4. The SMILES string of the molecule is CCOC(=O)c1cc(OC(F)F)n(Cc2cccc(F)c2F)n1.Cl.N=C(N)c1cc(OC(F)F)n(Cc2cccc(F)c2F)n1. The zero-order valence-corrected chi connectivity index (χ0v) is 23.6. The van der Waals surface area contributed by atoms with Gasteiger partial charge in [0.05, 0.1) is 19.7 Å². The van der Waals surface area contributed by atoms with Gasteiger partial charge in [-0.15, -0.1) is 12.4 Å². The maximum Gasteiger partial charge on any atom is 0.388 e. The summed E-state index contributed by atoms with van der Waals surface area (Å²) in [5.74, 6) is -6.58. The van der Waals surface area contributed by atoms with Gasteiger partial charge in [0.2, 0.25) is 11.8 Å². The van der Waals surface area contributed by atoms with E-state index in [4.69, 9.17) is 15.9 Å². The van der Waals surface area contributed by atoms with E-state index >= 15 is 0 Å². The van der Waals surface area contributed by atoms with Crippen LogP contribution in [0.15, 0.2) is 48.5 Å². The molecule has 0 atom stereocenters. The molecular formula is C26H23ClF8N6O4. The first kappa shape index (κ1) is 36.3. The zero-order valence-electron chi connectivity index (χ0n) is 22.8. The number of alkyl halides is 4. The van der Waals surface area contributed by atoms with E-state index in [1.54, 1.807) is 6.92 Å². The molecule has 0 fully saturated rings. The van der Waals surface area contributed by atoms with E-state index in [0.717, 1.165) is 33.6 Å². The van der Waals surface area contributed by atoms with Crippen LogP contribution in [-0.4, -0.2) is 51.2 Å². The van der Waals surface area contributed by atoms with E-state index in [0.29, 0.717) is 0 Å². The Balaban J connectivity index is 0.000000308. The van der Waals surface area contributed by atoms with E-state index in [9.17, 15) is 39.9 Å². The van der Waals surface area contributed by atoms with Gasteiger partial charge in [-0.1, -0.05) is 24.3 Å². The van der Waals surface area contributed by atoms with Gasteiger partial charge < -0.3 is 19.9 Å². The van der Waals surface area contributed by atoms with Gasteiger partial charge in [0, 0.05) is 23.3 Å². The van der Waals surface area contributed by atoms with Crippen LogP contribution in [0.25, 0.3) is 0 Å². The number of nitrogen functional groups attached to an aromatic ring is 1. The molecule has 2 heterocycles. The maximum atomic E-state index is 13.7. The lowest BCUT2D eigenvalue weighted by atomic mass is 10.2. The molecule has 45 heavy (non-hydrogen) atoms. The fourth-order valence-electron chi connectivity index (χ4n) is 3.50. The Morgan fingerprint density at radius 1 is 0.822 bits per heavy atom. The van der Waals surface area contributed by atoms with Crippen molar-refractivity contribution in [2.24, 2.45) is 5.73 Å². The third kappa shape index (κ3) is 9.82. The summed E-state index contributed by atoms with van der Waals surface area (Å²) in [5, 5.41) is 14.7. The van der Waals surface area contributed by atoms with Crippen molar-refractivity contribution in [2.75, 3.05) is 6.61 Å². The Bertz CT molecular complexity index is 1620. The first-order valence-corrected chi connectivity index (χ1v) is 12.2. The van der Waals surface area contributed by atoms with Crippen molar-refractivity contribution in [2.45, 2.75) is 33.2 Å². The summed E-state index contributed by atoms with van der Waals surface area (Å²) in [5.41, 5.74) is 4.58. The fourth-order valence-corrected chi connectivity index (χ4v) is 3.50. The summed E-state index contributed by atoms with van der Waals surface area (Å²) in [6, 6.07) is 8.89. The highest BCUT2D eigenvalue weighted by atomic mass is 35.5. The summed E-state index contributed by atoms with van der Waals surface area (Å²) < 4.78 is 118. The minimum absolute atomic E-state index is 0. The molecule has 0 amide bonds. The highest BCUT2D eigenvalue weighted by Gasteiger charge is 2.21. The third-order valence-electron chi connectivity index (χ3n) is 5.37. The first-order chi connectivity index (χ1) is 20.8. The Labute approximate surface area is 255 Å². The average molecular weight is 671 g/mol. The predicted octanol–water partition coefficient (Wildman–Crippen LogP) is 5.50. The molecule has 3 N–H and O–H groups in total. The van der Waals surface area contributed by atoms with Gasteiger partial charge in [-0.25, -0.2) is 31.7 Å². The number of carbonyl (C=O) groups excluding carboxylic acids is 1. The van der Waals surface area contributed by atoms with Crippen LogP contribution in [0.3, 0.4) is 0 Å². The molecule has 0 spiro atoms. The summed E-state index contributed by atoms with van der Waals surface area (Å²) in [4.78, 5) is 11.6. The van der Waals surface area contributed by atoms with Gasteiger partial charge in [0.25, 0.3) is 0 Å². The number of esters is 1. The van der Waals surface area contributed by atoms with Crippen molar-refractivity contribution >= 4 is 24.2 Å². The molecular weight excluding hydrogens is 648 g/mol. The summed E-state index contributed by atoms with van der Waals surface area (Å²) in [6.07, 6.45) is 0. The second-order valence-electron chi connectivity index (χ2n) is 8.37. The van der Waals surface area contributed by atoms with Crippen LogP contribution in [0, 0.1) is 28.7 Å². The second-order valence-corrected chi connectivity index (χ2v) is 8.37. The molecule has 244 valence electrons. The minimum Gasteiger partial charge on any atom is -0.461 e. The maximum absolute atomic E-state index is 13.7. The monoisotopic (exact) mass is 670 g/mol. The zero-order chi connectivity index (χ0) is 32.6. The van der Waals surface area contributed by atoms with Gasteiger partial charge in [-0.3, -0.25) is 5.41 Å². The van der Waals surface area contributed by atoms with E-state index in [2.05, 4.69) is 19.7 Å². The highest BCUT2D eigenvalue weighted by molar-refractivity contribution is 5.93. The predicted molar refractivity (Wildman–Crippen MR) is 143 cm³/mol. The lowest BCUT2D eigenvalue weighted by Crippen LogP contribution is -2.14. The van der Waals surface area contributed by atoms with Gasteiger partial charge >= 0.3 is 19.2 Å². The molecule has 0 aliphatic heterocycles. The number of nitrogens with zero attached hydrogens (tertiary/aromatic N) is 4. The van der Waals surface area contributed by atoms with E-state index in [1.165, 1.54) is 24.3 Å². The van der Waals surface area contributed by atoms with Crippen LogP contribution in [0.1, 0.15) is 34.2 Å². The number of rotatable bonds is 11. The molecule has 2 aromatic carbocycles. The van der Waals surface area contributed by atoms with Gasteiger partial charge in [0.15, 0.2) is 29.0 Å². The standard InChI is InChI=1S/C14H12F4N2O3.C12H10F4N4O.ClH/c1-2-22-13(21)10-6-11(23-14(17)18)20(19-10)7-8-4-3-5-9(15)12(8)16;13-7-3-1-2-6(10(7)14)5-20-9(21-12(15)16)4-8(19-20)11(17)18;/h3-6,14H,2,7H2,1H3;1-4,12H,5H2,(H3,17,18);1H. The first-order valence-electron chi connectivity index (χ1n) is 12.2. The number of nitrogens with two attached hydrogens (primary N) is 1. The molecule has 2 aromatic heterocycles. The molecule has 0 aliphatic rings. The van der Waals surface area contributed by atoms with Gasteiger partial charge in [-0.05, 0) is 19.1 Å². The number of hydrogen-bond acceptors (Lipinski definition) is 7. The van der Waals surface area contributed by atoms with Crippen molar-refractivity contribution < 1.29 is 54.1 Å². The van der Waals surface area contributed by atoms with Crippen molar-refractivity contribution in [3.05, 3.63) is 94.3 Å². The number of ether oxygens (including phenoxy) is 3. The van der Waals surface area contributed by atoms with E-state index in [-0.39, 0.29) is 48.1 Å². The van der Waals surface area contributed by atoms with Crippen molar-refractivity contribution in [1.29, 1.82) is 5.41 Å². The number of benzene rings is 2.